The van der Waals surface area contributed by atoms with Crippen molar-refractivity contribution in [2.24, 2.45) is 0 Å². The molecular formula is C19H14BrN3O2S. The molecule has 2 aromatic heterocycles. The first-order chi connectivity index (χ1) is 12.7. The number of fused-ring (bicyclic) bond motifs is 1. The Labute approximate surface area is 161 Å². The van der Waals surface area contributed by atoms with Gasteiger partial charge in [0.2, 0.25) is 4.96 Å². The van der Waals surface area contributed by atoms with E-state index in [1.165, 1.54) is 11.3 Å². The second-order valence-electron chi connectivity index (χ2n) is 5.54. The van der Waals surface area contributed by atoms with Crippen LogP contribution in [0.1, 0.15) is 12.5 Å². The van der Waals surface area contributed by atoms with Crippen LogP contribution in [0.2, 0.25) is 0 Å². The molecule has 0 unspecified atom stereocenters. The molecular weight excluding hydrogens is 414 g/mol. The normalized spacial score (nSPS) is 12.0. The summed E-state index contributed by atoms with van der Waals surface area (Å²) < 4.78 is 8.77. The molecule has 2 heterocycles. The third-order valence-electron chi connectivity index (χ3n) is 3.86. The summed E-state index contributed by atoms with van der Waals surface area (Å²) in [4.78, 5) is 13.5. The van der Waals surface area contributed by atoms with Crippen LogP contribution in [0.25, 0.3) is 22.4 Å². The second-order valence-corrected chi connectivity index (χ2v) is 7.46. The van der Waals surface area contributed by atoms with Gasteiger partial charge in [0.25, 0.3) is 5.56 Å². The largest absolute Gasteiger partial charge is 0.493 e. The fourth-order valence-corrected chi connectivity index (χ4v) is 3.84. The molecule has 0 atom stereocenters. The van der Waals surface area contributed by atoms with E-state index in [1.54, 1.807) is 4.40 Å². The van der Waals surface area contributed by atoms with Crippen LogP contribution in [0.15, 0.2) is 57.8 Å². The third-order valence-corrected chi connectivity index (χ3v) is 5.34. The lowest BCUT2D eigenvalue weighted by Gasteiger charge is -2.05. The van der Waals surface area contributed by atoms with Gasteiger partial charge in [0.05, 0.1) is 11.1 Å². The Bertz CT molecular complexity index is 1180. The standard InChI is InChI=1S/C19H14BrN3O2S/c1-2-25-15-6-4-3-5-13(15)11-16-18(24)23-17(21-22-19(23)26-16)12-7-9-14(20)10-8-12/h3-11H,2H2,1H3/b16-11-. The van der Waals surface area contributed by atoms with E-state index < -0.39 is 0 Å². The highest BCUT2D eigenvalue weighted by atomic mass is 79.9. The first-order valence-electron chi connectivity index (χ1n) is 8.05. The maximum Gasteiger partial charge on any atom is 0.276 e. The summed E-state index contributed by atoms with van der Waals surface area (Å²) in [5, 5.41) is 8.35. The Morgan fingerprint density at radius 2 is 1.92 bits per heavy atom. The van der Waals surface area contributed by atoms with E-state index >= 15 is 0 Å². The van der Waals surface area contributed by atoms with Crippen molar-refractivity contribution in [2.75, 3.05) is 6.61 Å². The van der Waals surface area contributed by atoms with Crippen LogP contribution >= 0.6 is 27.3 Å². The van der Waals surface area contributed by atoms with Gasteiger partial charge in [-0.1, -0.05) is 57.6 Å². The van der Waals surface area contributed by atoms with Gasteiger partial charge in [0.15, 0.2) is 5.82 Å². The number of benzene rings is 2. The maximum absolute atomic E-state index is 12.9. The molecule has 0 saturated heterocycles. The Morgan fingerprint density at radius 3 is 2.69 bits per heavy atom. The molecule has 0 aliphatic carbocycles. The summed E-state index contributed by atoms with van der Waals surface area (Å²) in [7, 11) is 0. The lowest BCUT2D eigenvalue weighted by Crippen LogP contribution is -2.23. The number of ether oxygens (including phenoxy) is 1. The number of thiazole rings is 1. The smallest absolute Gasteiger partial charge is 0.276 e. The molecule has 4 rings (SSSR count). The van der Waals surface area contributed by atoms with Gasteiger partial charge in [0.1, 0.15) is 5.75 Å². The number of hydrogen-bond acceptors (Lipinski definition) is 5. The minimum Gasteiger partial charge on any atom is -0.493 e. The lowest BCUT2D eigenvalue weighted by atomic mass is 10.2. The highest BCUT2D eigenvalue weighted by molar-refractivity contribution is 9.10. The minimum absolute atomic E-state index is 0.126. The molecule has 5 nitrogen and oxygen atoms in total. The highest BCUT2D eigenvalue weighted by Gasteiger charge is 2.14. The zero-order valence-electron chi connectivity index (χ0n) is 13.8. The van der Waals surface area contributed by atoms with Crippen molar-refractivity contribution < 1.29 is 4.74 Å². The van der Waals surface area contributed by atoms with Crippen LogP contribution in [0, 0.1) is 0 Å². The van der Waals surface area contributed by atoms with Crippen LogP contribution in [-0.4, -0.2) is 21.2 Å². The van der Waals surface area contributed by atoms with Crippen LogP contribution in [0.5, 0.6) is 5.75 Å². The maximum atomic E-state index is 12.9. The Morgan fingerprint density at radius 1 is 1.15 bits per heavy atom. The fourth-order valence-electron chi connectivity index (χ4n) is 2.68. The molecule has 0 saturated carbocycles. The molecule has 0 fully saturated rings. The molecule has 0 radical (unpaired) electrons. The van der Waals surface area contributed by atoms with Gasteiger partial charge in [-0.3, -0.25) is 4.79 Å². The van der Waals surface area contributed by atoms with Crippen LogP contribution < -0.4 is 14.8 Å². The summed E-state index contributed by atoms with van der Waals surface area (Å²) in [5.74, 6) is 1.30. The monoisotopic (exact) mass is 427 g/mol. The van der Waals surface area contributed by atoms with Gasteiger partial charge < -0.3 is 4.74 Å². The van der Waals surface area contributed by atoms with E-state index in [0.717, 1.165) is 21.3 Å². The van der Waals surface area contributed by atoms with Gasteiger partial charge in [-0.15, -0.1) is 10.2 Å². The lowest BCUT2D eigenvalue weighted by molar-refractivity contribution is 0.339. The number of nitrogens with zero attached hydrogens (tertiary/aromatic N) is 3. The zero-order valence-corrected chi connectivity index (χ0v) is 16.3. The third kappa shape index (κ3) is 3.04. The number of rotatable bonds is 4. The molecule has 0 bridgehead atoms. The van der Waals surface area contributed by atoms with Gasteiger partial charge in [-0.25, -0.2) is 4.40 Å². The number of hydrogen-bond donors (Lipinski definition) is 0. The van der Waals surface area contributed by atoms with Crippen molar-refractivity contribution >= 4 is 38.3 Å². The summed E-state index contributed by atoms with van der Waals surface area (Å²) >= 11 is 4.73. The molecule has 0 aliphatic rings. The number of halogens is 1. The van der Waals surface area contributed by atoms with Gasteiger partial charge in [-0.05, 0) is 31.2 Å². The minimum atomic E-state index is -0.126. The zero-order chi connectivity index (χ0) is 18.1. The van der Waals surface area contributed by atoms with E-state index in [4.69, 9.17) is 4.74 Å². The van der Waals surface area contributed by atoms with Gasteiger partial charge in [-0.2, -0.15) is 0 Å². The molecule has 2 aromatic carbocycles. The predicted molar refractivity (Wildman–Crippen MR) is 107 cm³/mol. The summed E-state index contributed by atoms with van der Waals surface area (Å²) in [5.41, 5.74) is 1.59. The van der Waals surface area contributed by atoms with Crippen molar-refractivity contribution in [1.29, 1.82) is 0 Å². The molecule has 0 N–H and O–H groups in total. The number of para-hydroxylation sites is 1. The van der Waals surface area contributed by atoms with E-state index in [2.05, 4.69) is 26.1 Å². The first kappa shape index (κ1) is 16.9. The molecule has 0 spiro atoms. The van der Waals surface area contributed by atoms with E-state index in [1.807, 2.05) is 61.5 Å². The average molecular weight is 428 g/mol. The Kier molecular flexibility index (Phi) is 4.57. The number of aromatic nitrogens is 3. The molecule has 0 amide bonds. The Hall–Kier alpha value is -2.51. The van der Waals surface area contributed by atoms with E-state index in [9.17, 15) is 4.79 Å². The molecule has 0 aliphatic heterocycles. The summed E-state index contributed by atoms with van der Waals surface area (Å²) in [6, 6.07) is 15.3. The van der Waals surface area contributed by atoms with Gasteiger partial charge in [0, 0.05) is 15.6 Å². The van der Waals surface area contributed by atoms with Crippen molar-refractivity contribution in [1.82, 2.24) is 14.6 Å². The summed E-state index contributed by atoms with van der Waals surface area (Å²) in [6.07, 6.45) is 1.85. The van der Waals surface area contributed by atoms with E-state index in [0.29, 0.717) is 21.9 Å². The van der Waals surface area contributed by atoms with Crippen LogP contribution in [0.4, 0.5) is 0 Å². The quantitative estimate of drug-likeness (QED) is 0.499. The van der Waals surface area contributed by atoms with Crippen LogP contribution in [-0.2, 0) is 0 Å². The van der Waals surface area contributed by atoms with Crippen LogP contribution in [0.3, 0.4) is 0 Å². The Balaban J connectivity index is 1.88. The molecule has 4 aromatic rings. The average Bonchev–Trinajstić information content (AvgIpc) is 3.19. The predicted octanol–water partition coefficient (Wildman–Crippen LogP) is 3.53. The molecule has 7 heteroatoms. The summed E-state index contributed by atoms with van der Waals surface area (Å²) in [6.45, 7) is 2.51. The highest BCUT2D eigenvalue weighted by Crippen LogP contribution is 2.21. The van der Waals surface area contributed by atoms with Crippen molar-refractivity contribution in [2.45, 2.75) is 6.92 Å². The first-order valence-corrected chi connectivity index (χ1v) is 9.65. The van der Waals surface area contributed by atoms with Crippen molar-refractivity contribution in [3.63, 3.8) is 0 Å². The van der Waals surface area contributed by atoms with Crippen molar-refractivity contribution in [3.05, 3.63) is 73.5 Å². The SMILES string of the molecule is CCOc1ccccc1/C=c1\sc2nnc(-c3ccc(Br)cc3)n2c1=O. The molecule has 130 valence electrons. The van der Waals surface area contributed by atoms with Gasteiger partial charge >= 0.3 is 0 Å². The topological polar surface area (TPSA) is 56.5 Å². The van der Waals surface area contributed by atoms with Crippen molar-refractivity contribution in [3.8, 4) is 17.1 Å². The second kappa shape index (κ2) is 7.01. The molecule has 26 heavy (non-hydrogen) atoms. The fraction of sp³-hybridized carbons (Fsp3) is 0.105. The van der Waals surface area contributed by atoms with E-state index in [-0.39, 0.29) is 5.56 Å².